The molecule has 128 valence electrons. The number of hydrogen-bond donors (Lipinski definition) is 2. The topological polar surface area (TPSA) is 70.4 Å². The molecule has 0 atom stereocenters. The highest BCUT2D eigenvalue weighted by Crippen LogP contribution is 2.39. The standard InChI is InChI=1S/C19H26N4O/c1-18(2,3)14-10-13(11-15(16(14)24)19(4,5)6)12-22-23-17-20-8-7-9-21-17/h7-12,24H,1-6H3,(H,20,21,23)/b22-12+. The molecule has 24 heavy (non-hydrogen) atoms. The van der Waals surface area contributed by atoms with Gasteiger partial charge >= 0.3 is 0 Å². The average Bonchev–Trinajstić information content (AvgIpc) is 2.47. The van der Waals surface area contributed by atoms with Gasteiger partial charge in [-0.2, -0.15) is 5.10 Å². The molecule has 5 nitrogen and oxygen atoms in total. The van der Waals surface area contributed by atoms with E-state index in [1.165, 1.54) is 0 Å². The number of rotatable bonds is 3. The van der Waals surface area contributed by atoms with Gasteiger partial charge in [0.25, 0.3) is 0 Å². The molecule has 0 bridgehead atoms. The number of nitrogens with zero attached hydrogens (tertiary/aromatic N) is 3. The van der Waals surface area contributed by atoms with Gasteiger partial charge in [-0.05, 0) is 34.6 Å². The van der Waals surface area contributed by atoms with Crippen LogP contribution in [0.4, 0.5) is 5.95 Å². The molecule has 1 aromatic carbocycles. The van der Waals surface area contributed by atoms with Crippen LogP contribution < -0.4 is 5.43 Å². The Hall–Kier alpha value is -2.43. The van der Waals surface area contributed by atoms with E-state index in [0.29, 0.717) is 11.7 Å². The van der Waals surface area contributed by atoms with Crippen molar-refractivity contribution in [1.82, 2.24) is 9.97 Å². The van der Waals surface area contributed by atoms with Crippen molar-refractivity contribution in [2.75, 3.05) is 5.43 Å². The van der Waals surface area contributed by atoms with Gasteiger partial charge in [0.1, 0.15) is 5.75 Å². The molecule has 0 radical (unpaired) electrons. The molecule has 0 unspecified atom stereocenters. The molecule has 0 aliphatic heterocycles. The molecule has 1 aromatic heterocycles. The van der Waals surface area contributed by atoms with Crippen LogP contribution in [0, 0.1) is 0 Å². The molecule has 0 aliphatic rings. The minimum Gasteiger partial charge on any atom is -0.507 e. The van der Waals surface area contributed by atoms with Gasteiger partial charge in [-0.3, -0.25) is 0 Å². The van der Waals surface area contributed by atoms with Gasteiger partial charge in [0.2, 0.25) is 5.95 Å². The fourth-order valence-corrected chi connectivity index (χ4v) is 2.40. The summed E-state index contributed by atoms with van der Waals surface area (Å²) in [6, 6.07) is 5.70. The first-order chi connectivity index (χ1) is 11.1. The Kier molecular flexibility index (Phi) is 4.92. The fraction of sp³-hybridized carbons (Fsp3) is 0.421. The summed E-state index contributed by atoms with van der Waals surface area (Å²) in [6.45, 7) is 12.5. The van der Waals surface area contributed by atoms with Crippen LogP contribution in [0.5, 0.6) is 5.75 Å². The number of nitrogens with one attached hydrogen (secondary N) is 1. The highest BCUT2D eigenvalue weighted by Gasteiger charge is 2.26. The number of hydrazone groups is 1. The molecule has 0 spiro atoms. The van der Waals surface area contributed by atoms with E-state index in [1.807, 2.05) is 12.1 Å². The second-order valence-corrected chi connectivity index (χ2v) is 7.91. The van der Waals surface area contributed by atoms with Crippen molar-refractivity contribution in [3.8, 4) is 5.75 Å². The Morgan fingerprint density at radius 3 is 1.92 bits per heavy atom. The SMILES string of the molecule is CC(C)(C)c1cc(/C=N/Nc2ncccn2)cc(C(C)(C)C)c1O. The van der Waals surface area contributed by atoms with Gasteiger partial charge < -0.3 is 5.11 Å². The van der Waals surface area contributed by atoms with Crippen LogP contribution in [-0.4, -0.2) is 21.3 Å². The summed E-state index contributed by atoms with van der Waals surface area (Å²) in [5, 5.41) is 14.9. The Labute approximate surface area is 143 Å². The van der Waals surface area contributed by atoms with Crippen molar-refractivity contribution in [3.63, 3.8) is 0 Å². The van der Waals surface area contributed by atoms with E-state index < -0.39 is 0 Å². The Morgan fingerprint density at radius 1 is 0.958 bits per heavy atom. The zero-order valence-electron chi connectivity index (χ0n) is 15.3. The monoisotopic (exact) mass is 326 g/mol. The van der Waals surface area contributed by atoms with Crippen molar-refractivity contribution in [3.05, 3.63) is 47.3 Å². The van der Waals surface area contributed by atoms with Crippen molar-refractivity contribution in [2.24, 2.45) is 5.10 Å². The first-order valence-electron chi connectivity index (χ1n) is 8.03. The molecule has 0 saturated carbocycles. The molecule has 2 aromatic rings. The largest absolute Gasteiger partial charge is 0.507 e. The fourth-order valence-electron chi connectivity index (χ4n) is 2.40. The molecule has 0 amide bonds. The zero-order valence-corrected chi connectivity index (χ0v) is 15.3. The van der Waals surface area contributed by atoms with Crippen molar-refractivity contribution in [2.45, 2.75) is 52.4 Å². The quantitative estimate of drug-likeness (QED) is 0.654. The van der Waals surface area contributed by atoms with E-state index in [2.05, 4.69) is 62.0 Å². The van der Waals surface area contributed by atoms with Gasteiger partial charge in [-0.15, -0.1) is 0 Å². The van der Waals surface area contributed by atoms with Gasteiger partial charge in [0, 0.05) is 23.5 Å². The number of hydrogen-bond acceptors (Lipinski definition) is 5. The van der Waals surface area contributed by atoms with Crippen molar-refractivity contribution >= 4 is 12.2 Å². The lowest BCUT2D eigenvalue weighted by Crippen LogP contribution is -2.18. The third-order valence-corrected chi connectivity index (χ3v) is 3.69. The normalized spacial score (nSPS) is 12.6. The number of benzene rings is 1. The molecular weight excluding hydrogens is 300 g/mol. The van der Waals surface area contributed by atoms with E-state index in [1.54, 1.807) is 24.7 Å². The number of aromatic hydroxyl groups is 1. The van der Waals surface area contributed by atoms with Gasteiger partial charge in [-0.1, -0.05) is 41.5 Å². The second-order valence-electron chi connectivity index (χ2n) is 7.91. The first kappa shape index (κ1) is 17.9. The predicted octanol–water partition coefficient (Wildman–Crippen LogP) is 4.22. The van der Waals surface area contributed by atoms with Crippen molar-refractivity contribution in [1.29, 1.82) is 0 Å². The summed E-state index contributed by atoms with van der Waals surface area (Å²) in [5.74, 6) is 0.811. The smallest absolute Gasteiger partial charge is 0.243 e. The molecule has 0 aliphatic carbocycles. The lowest BCUT2D eigenvalue weighted by atomic mass is 9.78. The number of anilines is 1. The minimum atomic E-state index is -0.163. The third kappa shape index (κ3) is 4.31. The lowest BCUT2D eigenvalue weighted by Gasteiger charge is -2.27. The minimum absolute atomic E-state index is 0.163. The lowest BCUT2D eigenvalue weighted by molar-refractivity contribution is 0.423. The summed E-state index contributed by atoms with van der Waals surface area (Å²) in [4.78, 5) is 8.12. The van der Waals surface area contributed by atoms with E-state index in [-0.39, 0.29) is 10.8 Å². The summed E-state index contributed by atoms with van der Waals surface area (Å²) < 4.78 is 0. The van der Waals surface area contributed by atoms with Crippen LogP contribution in [0.25, 0.3) is 0 Å². The van der Waals surface area contributed by atoms with Crippen LogP contribution in [-0.2, 0) is 10.8 Å². The second kappa shape index (κ2) is 6.59. The molecule has 0 saturated heterocycles. The maximum Gasteiger partial charge on any atom is 0.243 e. The summed E-state index contributed by atoms with van der Waals surface area (Å²) >= 11 is 0. The van der Waals surface area contributed by atoms with Gasteiger partial charge in [0.15, 0.2) is 0 Å². The van der Waals surface area contributed by atoms with Gasteiger partial charge in [-0.25, -0.2) is 15.4 Å². The third-order valence-electron chi connectivity index (χ3n) is 3.69. The van der Waals surface area contributed by atoms with Crippen LogP contribution in [0.3, 0.4) is 0 Å². The summed E-state index contributed by atoms with van der Waals surface area (Å²) in [6.07, 6.45) is 5.03. The highest BCUT2D eigenvalue weighted by atomic mass is 16.3. The Morgan fingerprint density at radius 2 is 1.46 bits per heavy atom. The number of phenols is 1. The number of phenolic OH excluding ortho intramolecular Hbond substituents is 1. The summed E-state index contributed by atoms with van der Waals surface area (Å²) in [5.41, 5.74) is 5.22. The Balaban J connectivity index is 2.39. The van der Waals surface area contributed by atoms with E-state index in [4.69, 9.17) is 0 Å². The molecule has 2 rings (SSSR count). The highest BCUT2D eigenvalue weighted by molar-refractivity contribution is 5.82. The zero-order chi connectivity index (χ0) is 18.0. The van der Waals surface area contributed by atoms with Crippen LogP contribution in [0.1, 0.15) is 58.2 Å². The first-order valence-corrected chi connectivity index (χ1v) is 8.03. The van der Waals surface area contributed by atoms with Crippen molar-refractivity contribution < 1.29 is 5.11 Å². The molecule has 0 fully saturated rings. The van der Waals surface area contributed by atoms with E-state index >= 15 is 0 Å². The van der Waals surface area contributed by atoms with Gasteiger partial charge in [0.05, 0.1) is 6.21 Å². The number of aromatic nitrogens is 2. The maximum absolute atomic E-state index is 10.7. The van der Waals surface area contributed by atoms with Crippen LogP contribution >= 0.6 is 0 Å². The maximum atomic E-state index is 10.7. The molecule has 2 N–H and O–H groups in total. The van der Waals surface area contributed by atoms with Crippen LogP contribution in [0.15, 0.2) is 35.7 Å². The molecule has 5 heteroatoms. The van der Waals surface area contributed by atoms with Crippen LogP contribution in [0.2, 0.25) is 0 Å². The predicted molar refractivity (Wildman–Crippen MR) is 98.8 cm³/mol. The molecule has 1 heterocycles. The average molecular weight is 326 g/mol. The van der Waals surface area contributed by atoms with E-state index in [9.17, 15) is 5.11 Å². The van der Waals surface area contributed by atoms with E-state index in [0.717, 1.165) is 16.7 Å². The molecular formula is C19H26N4O. The Bertz CT molecular complexity index is 690. The summed E-state index contributed by atoms with van der Waals surface area (Å²) in [7, 11) is 0.